The maximum absolute atomic E-state index is 12.8. The van der Waals surface area contributed by atoms with E-state index >= 15 is 0 Å². The molecule has 1 atom stereocenters. The second-order valence-corrected chi connectivity index (χ2v) is 6.56. The van der Waals surface area contributed by atoms with Gasteiger partial charge in [-0.1, -0.05) is 44.2 Å². The van der Waals surface area contributed by atoms with E-state index in [1.165, 1.54) is 14.2 Å². The van der Waals surface area contributed by atoms with Crippen LogP contribution in [0.5, 0.6) is 0 Å². The summed E-state index contributed by atoms with van der Waals surface area (Å²) >= 11 is 0. The lowest BCUT2D eigenvalue weighted by atomic mass is 9.51. The molecule has 5 nitrogen and oxygen atoms in total. The summed E-state index contributed by atoms with van der Waals surface area (Å²) in [6, 6.07) is 9.12. The first-order chi connectivity index (χ1) is 10.8. The van der Waals surface area contributed by atoms with Gasteiger partial charge in [-0.05, 0) is 11.0 Å². The fourth-order valence-electron chi connectivity index (χ4n) is 3.85. The molecular weight excluding hydrogens is 296 g/mol. The first-order valence-corrected chi connectivity index (χ1v) is 7.54. The molecular formula is C18H22O5. The van der Waals surface area contributed by atoms with Crippen molar-refractivity contribution in [3.8, 4) is 0 Å². The van der Waals surface area contributed by atoms with E-state index < -0.39 is 28.7 Å². The molecule has 0 radical (unpaired) electrons. The fourth-order valence-corrected chi connectivity index (χ4v) is 3.85. The summed E-state index contributed by atoms with van der Waals surface area (Å²) in [7, 11) is 2.50. The Morgan fingerprint density at radius 2 is 1.57 bits per heavy atom. The second-order valence-electron chi connectivity index (χ2n) is 6.56. The molecule has 1 unspecified atom stereocenters. The van der Waals surface area contributed by atoms with Crippen molar-refractivity contribution in [2.75, 3.05) is 14.2 Å². The van der Waals surface area contributed by atoms with Crippen LogP contribution in [0.4, 0.5) is 0 Å². The number of hydrogen-bond acceptors (Lipinski definition) is 5. The monoisotopic (exact) mass is 318 g/mol. The first kappa shape index (κ1) is 17.2. The van der Waals surface area contributed by atoms with Crippen molar-refractivity contribution in [2.24, 2.45) is 10.8 Å². The summed E-state index contributed by atoms with van der Waals surface area (Å²) in [5.74, 6) is -1.90. The lowest BCUT2D eigenvalue weighted by Crippen LogP contribution is -2.59. The normalized spacial score (nSPS) is 22.3. The Kier molecular flexibility index (Phi) is 4.59. The lowest BCUT2D eigenvalue weighted by Gasteiger charge is -2.49. The number of carbonyl (C=O) groups excluding carboxylic acids is 3. The maximum atomic E-state index is 12.8. The number of methoxy groups -OCH3 is 2. The molecule has 124 valence electrons. The molecule has 0 heterocycles. The Balaban J connectivity index is 2.74. The van der Waals surface area contributed by atoms with Gasteiger partial charge in [-0.15, -0.1) is 0 Å². The van der Waals surface area contributed by atoms with Crippen LogP contribution in [-0.4, -0.2) is 31.9 Å². The average Bonchev–Trinajstić information content (AvgIpc) is 2.53. The Labute approximate surface area is 136 Å². The lowest BCUT2D eigenvalue weighted by molar-refractivity contribution is -0.186. The van der Waals surface area contributed by atoms with Gasteiger partial charge in [0.1, 0.15) is 5.78 Å². The zero-order valence-electron chi connectivity index (χ0n) is 13.9. The largest absolute Gasteiger partial charge is 0.468 e. The molecule has 0 aliphatic heterocycles. The van der Waals surface area contributed by atoms with Crippen LogP contribution in [0, 0.1) is 10.8 Å². The van der Waals surface area contributed by atoms with E-state index in [4.69, 9.17) is 9.47 Å². The number of benzene rings is 1. The van der Waals surface area contributed by atoms with Crippen LogP contribution in [-0.2, 0) is 23.9 Å². The number of rotatable bonds is 3. The summed E-state index contributed by atoms with van der Waals surface area (Å²) in [6.45, 7) is 3.49. The standard InChI is InChI=1S/C18H22O5/c1-17(2)11-13(19)10-14(12-8-6-5-7-9-12)18(17,15(20)22-3)16(21)23-4/h5-9,14H,10-11H2,1-4H3. The van der Waals surface area contributed by atoms with Gasteiger partial charge in [-0.3, -0.25) is 14.4 Å². The number of ketones is 1. The zero-order chi connectivity index (χ0) is 17.3. The van der Waals surface area contributed by atoms with Gasteiger partial charge in [-0.2, -0.15) is 0 Å². The van der Waals surface area contributed by atoms with Crippen LogP contribution in [0.15, 0.2) is 30.3 Å². The quantitative estimate of drug-likeness (QED) is 0.632. The summed E-state index contributed by atoms with van der Waals surface area (Å²) in [5, 5.41) is 0. The van der Waals surface area contributed by atoms with Crippen molar-refractivity contribution >= 4 is 17.7 Å². The molecule has 1 aromatic carbocycles. The molecule has 1 aliphatic carbocycles. The van der Waals surface area contributed by atoms with Gasteiger partial charge < -0.3 is 9.47 Å². The van der Waals surface area contributed by atoms with Crippen LogP contribution in [0.25, 0.3) is 0 Å². The van der Waals surface area contributed by atoms with Crippen molar-refractivity contribution < 1.29 is 23.9 Å². The van der Waals surface area contributed by atoms with Gasteiger partial charge in [0.25, 0.3) is 0 Å². The Morgan fingerprint density at radius 3 is 2.04 bits per heavy atom. The first-order valence-electron chi connectivity index (χ1n) is 7.54. The highest BCUT2D eigenvalue weighted by molar-refractivity contribution is 6.04. The van der Waals surface area contributed by atoms with E-state index in [1.54, 1.807) is 13.8 Å². The number of hydrogen-bond donors (Lipinski definition) is 0. The van der Waals surface area contributed by atoms with E-state index in [2.05, 4.69) is 0 Å². The number of Topliss-reactive ketones (excluding diaryl/α,β-unsaturated/α-hetero) is 1. The number of esters is 2. The zero-order valence-corrected chi connectivity index (χ0v) is 13.9. The summed E-state index contributed by atoms with van der Waals surface area (Å²) in [4.78, 5) is 37.8. The smallest absolute Gasteiger partial charge is 0.324 e. The number of ether oxygens (including phenoxy) is 2. The van der Waals surface area contributed by atoms with Crippen LogP contribution < -0.4 is 0 Å². The Bertz CT molecular complexity index is 602. The predicted molar refractivity (Wildman–Crippen MR) is 83.7 cm³/mol. The molecule has 0 aromatic heterocycles. The van der Waals surface area contributed by atoms with Crippen molar-refractivity contribution in [1.29, 1.82) is 0 Å². The third-order valence-electron chi connectivity index (χ3n) is 4.88. The van der Waals surface area contributed by atoms with Gasteiger partial charge >= 0.3 is 11.9 Å². The van der Waals surface area contributed by atoms with Crippen LogP contribution >= 0.6 is 0 Å². The van der Waals surface area contributed by atoms with Crippen LogP contribution in [0.3, 0.4) is 0 Å². The topological polar surface area (TPSA) is 69.7 Å². The second kappa shape index (κ2) is 6.14. The molecule has 1 aliphatic rings. The molecule has 2 rings (SSSR count). The molecule has 23 heavy (non-hydrogen) atoms. The minimum absolute atomic E-state index is 0.0206. The van der Waals surface area contributed by atoms with Crippen LogP contribution in [0.1, 0.15) is 38.2 Å². The highest BCUT2D eigenvalue weighted by Gasteiger charge is 2.66. The minimum Gasteiger partial charge on any atom is -0.468 e. The van der Waals surface area contributed by atoms with Crippen LogP contribution in [0.2, 0.25) is 0 Å². The third kappa shape index (κ3) is 2.54. The highest BCUT2D eigenvalue weighted by Crippen LogP contribution is 2.57. The molecule has 0 bridgehead atoms. The van der Waals surface area contributed by atoms with Gasteiger partial charge in [0.2, 0.25) is 0 Å². The van der Waals surface area contributed by atoms with E-state index in [-0.39, 0.29) is 18.6 Å². The Hall–Kier alpha value is -2.17. The van der Waals surface area contributed by atoms with E-state index in [1.807, 2.05) is 30.3 Å². The fraction of sp³-hybridized carbons (Fsp3) is 0.500. The van der Waals surface area contributed by atoms with Crippen molar-refractivity contribution in [3.63, 3.8) is 0 Å². The molecule has 5 heteroatoms. The summed E-state index contributed by atoms with van der Waals surface area (Å²) < 4.78 is 9.98. The maximum Gasteiger partial charge on any atom is 0.324 e. The van der Waals surface area contributed by atoms with Crippen molar-refractivity contribution in [3.05, 3.63) is 35.9 Å². The van der Waals surface area contributed by atoms with Gasteiger partial charge in [0.05, 0.1) is 14.2 Å². The molecule has 1 saturated carbocycles. The van der Waals surface area contributed by atoms with Crippen molar-refractivity contribution in [1.82, 2.24) is 0 Å². The van der Waals surface area contributed by atoms with Crippen molar-refractivity contribution in [2.45, 2.75) is 32.6 Å². The molecule has 0 spiro atoms. The molecule has 1 fully saturated rings. The van der Waals surface area contributed by atoms with Gasteiger partial charge in [-0.25, -0.2) is 0 Å². The Morgan fingerprint density at radius 1 is 1.04 bits per heavy atom. The molecule has 0 saturated heterocycles. The van der Waals surface area contributed by atoms with Gasteiger partial charge in [0, 0.05) is 18.8 Å². The number of carbonyl (C=O) groups is 3. The summed E-state index contributed by atoms with van der Waals surface area (Å²) in [5.41, 5.74) is -1.71. The predicted octanol–water partition coefficient (Wildman–Crippen LogP) is 2.49. The van der Waals surface area contributed by atoms with Gasteiger partial charge in [0.15, 0.2) is 5.41 Å². The summed E-state index contributed by atoms with van der Waals surface area (Å²) in [6.07, 6.45) is 0.234. The molecule has 0 amide bonds. The SMILES string of the molecule is COC(=O)C1(C(=O)OC)C(c2ccccc2)CC(=O)CC1(C)C. The highest BCUT2D eigenvalue weighted by atomic mass is 16.5. The molecule has 0 N–H and O–H groups in total. The molecule has 1 aromatic rings. The van der Waals surface area contributed by atoms with E-state index in [0.717, 1.165) is 5.56 Å². The minimum atomic E-state index is -1.55. The third-order valence-corrected chi connectivity index (χ3v) is 4.88. The van der Waals surface area contributed by atoms with E-state index in [9.17, 15) is 14.4 Å². The average molecular weight is 318 g/mol. The van der Waals surface area contributed by atoms with E-state index in [0.29, 0.717) is 0 Å².